The van der Waals surface area contributed by atoms with Crippen molar-refractivity contribution >= 4 is 16.9 Å². The van der Waals surface area contributed by atoms with Crippen molar-refractivity contribution in [3.8, 4) is 0 Å². The Hall–Kier alpha value is -1.89. The monoisotopic (exact) mass is 278 g/mol. The number of nitrogens with one attached hydrogen (secondary N) is 1. The summed E-state index contributed by atoms with van der Waals surface area (Å²) in [6, 6.07) is 7.21. The van der Waals surface area contributed by atoms with E-state index >= 15 is 0 Å². The van der Waals surface area contributed by atoms with E-state index in [1.807, 2.05) is 6.07 Å². The molecule has 0 bridgehead atoms. The summed E-state index contributed by atoms with van der Waals surface area (Å²) < 4.78 is 1.56. The van der Waals surface area contributed by atoms with E-state index in [0.717, 1.165) is 10.9 Å². The Bertz CT molecular complexity index is 608. The third-order valence-electron chi connectivity index (χ3n) is 3.22. The maximum absolute atomic E-state index is 10.9. The number of carbonyl (C=O) groups is 1. The smallest absolute Gasteiger partial charge is 0.323 e. The average molecular weight is 278 g/mol. The molecule has 20 heavy (non-hydrogen) atoms. The van der Waals surface area contributed by atoms with Crippen LogP contribution < -0.4 is 5.32 Å². The molecule has 6 nitrogen and oxygen atoms in total. The third kappa shape index (κ3) is 2.82. The second-order valence-corrected chi connectivity index (χ2v) is 4.69. The molecule has 0 aliphatic carbocycles. The molecule has 2 rings (SSSR count). The summed E-state index contributed by atoms with van der Waals surface area (Å²) >= 11 is 0. The van der Waals surface area contributed by atoms with Gasteiger partial charge in [0.15, 0.2) is 0 Å². The number of carboxylic acid groups (broad SMARTS) is 1. The molecule has 1 aromatic heterocycles. The van der Waals surface area contributed by atoms with Gasteiger partial charge in [0.25, 0.3) is 0 Å². The highest BCUT2D eigenvalue weighted by Gasteiger charge is 2.22. The number of nitrogens with zero attached hydrogens (tertiary/aromatic N) is 1. The molecule has 0 saturated heterocycles. The number of rotatable bonds is 6. The van der Waals surface area contributed by atoms with Crippen LogP contribution in [0.5, 0.6) is 0 Å². The quantitative estimate of drug-likeness (QED) is 0.611. The van der Waals surface area contributed by atoms with Crippen molar-refractivity contribution in [1.82, 2.24) is 9.88 Å². The van der Waals surface area contributed by atoms with Gasteiger partial charge in [-0.1, -0.05) is 18.2 Å². The molecule has 4 N–H and O–H groups in total. The molecule has 1 heterocycles. The number of para-hydroxylation sites is 1. The summed E-state index contributed by atoms with van der Waals surface area (Å²) in [4.78, 5) is 10.9. The van der Waals surface area contributed by atoms with Gasteiger partial charge in [-0.3, -0.25) is 4.79 Å². The van der Waals surface area contributed by atoms with Crippen LogP contribution in [0.25, 0.3) is 10.9 Å². The van der Waals surface area contributed by atoms with Crippen molar-refractivity contribution in [2.45, 2.75) is 18.8 Å². The standard InChI is InChI=1S/C14H18N2O4/c1-15-6-12(17)14(20)10-7-16(8-13(18)19)11-5-3-2-4-9(10)11/h2-5,7,12,14-15,17,20H,6,8H2,1H3,(H,18,19). The molecule has 6 heteroatoms. The summed E-state index contributed by atoms with van der Waals surface area (Å²) in [5.41, 5.74) is 1.25. The molecular formula is C14H18N2O4. The van der Waals surface area contributed by atoms with E-state index in [0.29, 0.717) is 5.56 Å². The van der Waals surface area contributed by atoms with Crippen LogP contribution in [0.4, 0.5) is 0 Å². The Morgan fingerprint density at radius 3 is 2.70 bits per heavy atom. The van der Waals surface area contributed by atoms with Gasteiger partial charge >= 0.3 is 5.97 Å². The van der Waals surface area contributed by atoms with Crippen molar-refractivity contribution in [2.75, 3.05) is 13.6 Å². The van der Waals surface area contributed by atoms with Crippen LogP contribution in [0.1, 0.15) is 11.7 Å². The molecule has 0 spiro atoms. The zero-order valence-electron chi connectivity index (χ0n) is 11.2. The van der Waals surface area contributed by atoms with Crippen LogP contribution in [0.2, 0.25) is 0 Å². The van der Waals surface area contributed by atoms with Crippen LogP contribution in [0.3, 0.4) is 0 Å². The Labute approximate surface area is 116 Å². The topological polar surface area (TPSA) is 94.7 Å². The summed E-state index contributed by atoms with van der Waals surface area (Å²) in [5, 5.41) is 32.6. The molecule has 2 unspecified atom stereocenters. The van der Waals surface area contributed by atoms with E-state index in [2.05, 4.69) is 5.32 Å². The van der Waals surface area contributed by atoms with Crippen LogP contribution in [-0.2, 0) is 11.3 Å². The maximum Gasteiger partial charge on any atom is 0.323 e. The first-order valence-corrected chi connectivity index (χ1v) is 6.35. The van der Waals surface area contributed by atoms with E-state index in [1.165, 1.54) is 0 Å². The van der Waals surface area contributed by atoms with Crippen LogP contribution >= 0.6 is 0 Å². The van der Waals surface area contributed by atoms with Crippen LogP contribution in [0, 0.1) is 0 Å². The summed E-state index contributed by atoms with van der Waals surface area (Å²) in [6.45, 7) is 0.0644. The number of aliphatic carboxylic acids is 1. The SMILES string of the molecule is CNCC(O)C(O)c1cn(CC(=O)O)c2ccccc12. The second kappa shape index (κ2) is 6.04. The number of hydrogen-bond donors (Lipinski definition) is 4. The minimum atomic E-state index is -1.07. The third-order valence-corrected chi connectivity index (χ3v) is 3.22. The Morgan fingerprint density at radius 1 is 1.35 bits per heavy atom. The van der Waals surface area contributed by atoms with Gasteiger partial charge in [0, 0.05) is 29.2 Å². The first kappa shape index (κ1) is 14.5. The summed E-state index contributed by atoms with van der Waals surface area (Å²) in [5.74, 6) is -0.956. The molecule has 108 valence electrons. The highest BCUT2D eigenvalue weighted by Crippen LogP contribution is 2.28. The number of aliphatic hydroxyl groups excluding tert-OH is 2. The van der Waals surface area contributed by atoms with E-state index in [1.54, 1.807) is 36.0 Å². The van der Waals surface area contributed by atoms with Crippen LogP contribution in [0.15, 0.2) is 30.5 Å². The van der Waals surface area contributed by atoms with Crippen molar-refractivity contribution in [3.05, 3.63) is 36.0 Å². The second-order valence-electron chi connectivity index (χ2n) is 4.69. The fraction of sp³-hybridized carbons (Fsp3) is 0.357. The van der Waals surface area contributed by atoms with Gasteiger partial charge < -0.3 is 25.2 Å². The van der Waals surface area contributed by atoms with Gasteiger partial charge in [-0.25, -0.2) is 0 Å². The highest BCUT2D eigenvalue weighted by atomic mass is 16.4. The predicted molar refractivity (Wildman–Crippen MR) is 74.5 cm³/mol. The number of benzene rings is 1. The largest absolute Gasteiger partial charge is 0.480 e. The molecule has 1 aromatic carbocycles. The highest BCUT2D eigenvalue weighted by molar-refractivity contribution is 5.85. The molecule has 0 aliphatic heterocycles. The van der Waals surface area contributed by atoms with E-state index in [9.17, 15) is 15.0 Å². The van der Waals surface area contributed by atoms with Crippen molar-refractivity contribution in [3.63, 3.8) is 0 Å². The maximum atomic E-state index is 10.9. The van der Waals surface area contributed by atoms with E-state index in [-0.39, 0.29) is 13.1 Å². The van der Waals surface area contributed by atoms with E-state index < -0.39 is 18.2 Å². The zero-order chi connectivity index (χ0) is 14.7. The number of hydrogen-bond acceptors (Lipinski definition) is 4. The molecule has 2 aromatic rings. The number of aromatic nitrogens is 1. The lowest BCUT2D eigenvalue weighted by molar-refractivity contribution is -0.137. The molecular weight excluding hydrogens is 260 g/mol. The number of fused-ring (bicyclic) bond motifs is 1. The molecule has 0 amide bonds. The molecule has 0 saturated carbocycles. The van der Waals surface area contributed by atoms with Gasteiger partial charge in [0.05, 0.1) is 6.10 Å². The molecule has 0 fully saturated rings. The van der Waals surface area contributed by atoms with E-state index in [4.69, 9.17) is 5.11 Å². The predicted octanol–water partition coefficient (Wildman–Crippen LogP) is 0.340. The Balaban J connectivity index is 2.45. The normalized spacial score (nSPS) is 14.3. The first-order chi connectivity index (χ1) is 9.54. The molecule has 0 aliphatic rings. The number of carboxylic acids is 1. The van der Waals surface area contributed by atoms with Gasteiger partial charge in [-0.2, -0.15) is 0 Å². The fourth-order valence-corrected chi connectivity index (χ4v) is 2.32. The lowest BCUT2D eigenvalue weighted by Gasteiger charge is -2.16. The fourth-order valence-electron chi connectivity index (χ4n) is 2.32. The zero-order valence-corrected chi connectivity index (χ0v) is 11.2. The van der Waals surface area contributed by atoms with Gasteiger partial charge in [-0.15, -0.1) is 0 Å². The minimum Gasteiger partial charge on any atom is -0.480 e. The number of aliphatic hydroxyl groups is 2. The average Bonchev–Trinajstić information content (AvgIpc) is 2.77. The van der Waals surface area contributed by atoms with Crippen molar-refractivity contribution in [1.29, 1.82) is 0 Å². The first-order valence-electron chi connectivity index (χ1n) is 6.35. The minimum absolute atomic E-state index is 0.185. The van der Waals surface area contributed by atoms with Crippen molar-refractivity contribution < 1.29 is 20.1 Å². The summed E-state index contributed by atoms with van der Waals surface area (Å²) in [6.07, 6.45) is -0.436. The molecule has 0 radical (unpaired) electrons. The summed E-state index contributed by atoms with van der Waals surface area (Å²) in [7, 11) is 1.68. The molecule has 2 atom stereocenters. The Kier molecular flexibility index (Phi) is 4.39. The lowest BCUT2D eigenvalue weighted by atomic mass is 10.0. The van der Waals surface area contributed by atoms with Crippen LogP contribution in [-0.4, -0.2) is 45.6 Å². The lowest BCUT2D eigenvalue weighted by Crippen LogP contribution is -2.29. The van der Waals surface area contributed by atoms with Crippen molar-refractivity contribution in [2.24, 2.45) is 0 Å². The number of likely N-dealkylation sites (N-methyl/N-ethyl adjacent to an activating group) is 1. The van der Waals surface area contributed by atoms with Gasteiger partial charge in [0.2, 0.25) is 0 Å². The Morgan fingerprint density at radius 2 is 2.05 bits per heavy atom. The van der Waals surface area contributed by atoms with Gasteiger partial charge in [0.1, 0.15) is 12.6 Å². The van der Waals surface area contributed by atoms with Gasteiger partial charge in [-0.05, 0) is 13.1 Å².